The van der Waals surface area contributed by atoms with Gasteiger partial charge in [-0.25, -0.2) is 14.4 Å². The van der Waals surface area contributed by atoms with Gasteiger partial charge in [-0.05, 0) is 50.5 Å². The summed E-state index contributed by atoms with van der Waals surface area (Å²) in [6, 6.07) is 0. The summed E-state index contributed by atoms with van der Waals surface area (Å²) in [4.78, 5) is 37.0. The van der Waals surface area contributed by atoms with Crippen LogP contribution in [0.5, 0.6) is 0 Å². The molecule has 9 heteroatoms. The number of nitrogens with zero attached hydrogens (tertiary/aromatic N) is 4. The van der Waals surface area contributed by atoms with E-state index < -0.39 is 5.82 Å². The number of fused-ring (bicyclic) bond motifs is 2. The van der Waals surface area contributed by atoms with Crippen molar-refractivity contribution >= 4 is 17.8 Å². The molecule has 164 valence electrons. The predicted octanol–water partition coefficient (Wildman–Crippen LogP) is 0.782. The number of unbranched alkanes of at least 4 members (excludes halogenated alkanes) is 1. The molecule has 2 aliphatic carbocycles. The number of aromatic nitrogens is 2. The zero-order valence-electron chi connectivity index (χ0n) is 17.3. The number of hydrogen-bond acceptors (Lipinski definition) is 6. The maximum Gasteiger partial charge on any atom is 0.225 e. The largest absolute Gasteiger partial charge is 0.369 e. The zero-order valence-corrected chi connectivity index (χ0v) is 17.3. The van der Waals surface area contributed by atoms with Crippen molar-refractivity contribution in [2.45, 2.75) is 32.1 Å². The monoisotopic (exact) mass is 418 g/mol. The first kappa shape index (κ1) is 21.0. The van der Waals surface area contributed by atoms with Crippen molar-refractivity contribution in [2.75, 3.05) is 44.2 Å². The van der Waals surface area contributed by atoms with Gasteiger partial charge < -0.3 is 16.0 Å². The number of nitrogens with one attached hydrogen (secondary N) is 1. The molecule has 4 unspecified atom stereocenters. The van der Waals surface area contributed by atoms with E-state index in [1.807, 2.05) is 0 Å². The van der Waals surface area contributed by atoms with Gasteiger partial charge >= 0.3 is 0 Å². The van der Waals surface area contributed by atoms with Gasteiger partial charge in [-0.2, -0.15) is 0 Å². The van der Waals surface area contributed by atoms with E-state index in [9.17, 15) is 14.0 Å². The van der Waals surface area contributed by atoms with Crippen molar-refractivity contribution in [1.29, 1.82) is 0 Å². The van der Waals surface area contributed by atoms with Crippen molar-refractivity contribution < 1.29 is 14.0 Å². The first-order valence-corrected chi connectivity index (χ1v) is 11.0. The summed E-state index contributed by atoms with van der Waals surface area (Å²) in [6.07, 6.45) is 7.36. The smallest absolute Gasteiger partial charge is 0.225 e. The van der Waals surface area contributed by atoms with Crippen molar-refractivity contribution in [2.24, 2.45) is 29.4 Å². The predicted molar refractivity (Wildman–Crippen MR) is 110 cm³/mol. The van der Waals surface area contributed by atoms with Gasteiger partial charge in [-0.3, -0.25) is 14.5 Å². The number of piperazine rings is 1. The third kappa shape index (κ3) is 4.55. The molecule has 0 spiro atoms. The topological polar surface area (TPSA) is 104 Å². The first-order valence-electron chi connectivity index (χ1n) is 11.0. The molecule has 1 aromatic rings. The summed E-state index contributed by atoms with van der Waals surface area (Å²) in [5.41, 5.74) is 5.57. The fourth-order valence-corrected chi connectivity index (χ4v) is 5.51. The van der Waals surface area contributed by atoms with Crippen LogP contribution in [-0.2, 0) is 9.59 Å². The molecule has 2 saturated carbocycles. The van der Waals surface area contributed by atoms with Gasteiger partial charge in [-0.15, -0.1) is 0 Å². The van der Waals surface area contributed by atoms with E-state index >= 15 is 0 Å². The summed E-state index contributed by atoms with van der Waals surface area (Å²) in [7, 11) is 0. The Hall–Kier alpha value is -2.29. The minimum Gasteiger partial charge on any atom is -0.369 e. The standard InChI is InChI=1S/C21H31FN6O2/c22-16-12-25-21(26-13-16)28-9-7-27(8-10-28)6-2-1-5-24-20(30)18-15-4-3-14(11-15)17(18)19(23)29/h12-15,17-18H,1-11H2,(H2,23,29)(H,24,30). The Morgan fingerprint density at radius 3 is 2.40 bits per heavy atom. The van der Waals surface area contributed by atoms with Crippen molar-refractivity contribution in [3.63, 3.8) is 0 Å². The molecule has 0 radical (unpaired) electrons. The second kappa shape index (κ2) is 9.24. The number of rotatable bonds is 8. The average molecular weight is 419 g/mol. The molecule has 0 aromatic carbocycles. The Kier molecular flexibility index (Phi) is 6.46. The van der Waals surface area contributed by atoms with E-state index in [-0.39, 0.29) is 23.7 Å². The second-order valence-electron chi connectivity index (χ2n) is 8.82. The third-order valence-corrected chi connectivity index (χ3v) is 7.01. The summed E-state index contributed by atoms with van der Waals surface area (Å²) >= 11 is 0. The van der Waals surface area contributed by atoms with Crippen LogP contribution in [0.1, 0.15) is 32.1 Å². The van der Waals surface area contributed by atoms with Crippen LogP contribution >= 0.6 is 0 Å². The van der Waals surface area contributed by atoms with Crippen LogP contribution in [-0.4, -0.2) is 66.0 Å². The molecule has 4 rings (SSSR count). The molecule has 8 nitrogen and oxygen atoms in total. The Morgan fingerprint density at radius 1 is 1.07 bits per heavy atom. The lowest BCUT2D eigenvalue weighted by Gasteiger charge is -2.34. The van der Waals surface area contributed by atoms with Crippen LogP contribution in [0.15, 0.2) is 12.4 Å². The highest BCUT2D eigenvalue weighted by Crippen LogP contribution is 2.52. The summed E-state index contributed by atoms with van der Waals surface area (Å²) in [5.74, 6) is -0.000561. The molecule has 2 amide bonds. The summed E-state index contributed by atoms with van der Waals surface area (Å²) in [5, 5.41) is 3.04. The summed E-state index contributed by atoms with van der Waals surface area (Å²) < 4.78 is 13.0. The molecule has 3 fully saturated rings. The Balaban J connectivity index is 1.12. The fraction of sp³-hybridized carbons (Fsp3) is 0.714. The number of nitrogens with two attached hydrogens (primary N) is 1. The SMILES string of the molecule is NC(=O)C1C2CCC(C2)C1C(=O)NCCCCN1CCN(c2ncc(F)cn2)CC1. The minimum atomic E-state index is -0.421. The molecule has 1 aliphatic heterocycles. The highest BCUT2D eigenvalue weighted by Gasteiger charge is 2.53. The first-order chi connectivity index (χ1) is 14.5. The molecule has 2 heterocycles. The maximum atomic E-state index is 13.0. The number of amides is 2. The molecule has 1 aromatic heterocycles. The Bertz CT molecular complexity index is 752. The van der Waals surface area contributed by atoms with Gasteiger partial charge in [0.15, 0.2) is 5.82 Å². The number of carbonyl (C=O) groups is 2. The number of carbonyl (C=O) groups excluding carboxylic acids is 2. The van der Waals surface area contributed by atoms with E-state index in [0.717, 1.165) is 64.8 Å². The fourth-order valence-electron chi connectivity index (χ4n) is 5.51. The van der Waals surface area contributed by atoms with Crippen LogP contribution in [0.2, 0.25) is 0 Å². The lowest BCUT2D eigenvalue weighted by Crippen LogP contribution is -2.47. The van der Waals surface area contributed by atoms with Crippen LogP contribution in [0.3, 0.4) is 0 Å². The number of anilines is 1. The molecule has 1 saturated heterocycles. The number of hydrogen-bond donors (Lipinski definition) is 2. The maximum absolute atomic E-state index is 13.0. The van der Waals surface area contributed by atoms with Gasteiger partial charge in [0.05, 0.1) is 24.2 Å². The number of primary amides is 1. The van der Waals surface area contributed by atoms with Gasteiger partial charge in [0.25, 0.3) is 0 Å². The van der Waals surface area contributed by atoms with E-state index in [2.05, 4.69) is 25.1 Å². The highest BCUT2D eigenvalue weighted by molar-refractivity contribution is 5.88. The molecular weight excluding hydrogens is 387 g/mol. The molecule has 3 N–H and O–H groups in total. The van der Waals surface area contributed by atoms with E-state index in [4.69, 9.17) is 5.73 Å². The van der Waals surface area contributed by atoms with Gasteiger partial charge in [-0.1, -0.05) is 0 Å². The van der Waals surface area contributed by atoms with Gasteiger partial charge in [0.1, 0.15) is 0 Å². The molecular formula is C21H31FN6O2. The lowest BCUT2D eigenvalue weighted by atomic mass is 9.78. The van der Waals surface area contributed by atoms with Gasteiger partial charge in [0.2, 0.25) is 17.8 Å². The second-order valence-corrected chi connectivity index (χ2v) is 8.82. The number of halogens is 1. The van der Waals surface area contributed by atoms with Crippen molar-refractivity contribution in [3.05, 3.63) is 18.2 Å². The minimum absolute atomic E-state index is 0.0129. The van der Waals surface area contributed by atoms with Crippen LogP contribution in [0, 0.1) is 29.5 Å². The third-order valence-electron chi connectivity index (χ3n) is 7.01. The highest BCUT2D eigenvalue weighted by atomic mass is 19.1. The van der Waals surface area contributed by atoms with Crippen LogP contribution in [0.4, 0.5) is 10.3 Å². The van der Waals surface area contributed by atoms with E-state index in [0.29, 0.717) is 24.3 Å². The molecule has 4 atom stereocenters. The van der Waals surface area contributed by atoms with Crippen LogP contribution in [0.25, 0.3) is 0 Å². The lowest BCUT2D eigenvalue weighted by molar-refractivity contribution is -0.135. The molecule has 2 bridgehead atoms. The van der Waals surface area contributed by atoms with Crippen molar-refractivity contribution in [1.82, 2.24) is 20.2 Å². The molecule has 3 aliphatic rings. The summed E-state index contributed by atoms with van der Waals surface area (Å²) in [6.45, 7) is 5.09. The molecule has 30 heavy (non-hydrogen) atoms. The van der Waals surface area contributed by atoms with Crippen molar-refractivity contribution in [3.8, 4) is 0 Å². The van der Waals surface area contributed by atoms with E-state index in [1.54, 1.807) is 0 Å². The zero-order chi connectivity index (χ0) is 21.1. The normalized spacial score (nSPS) is 28.6. The quantitative estimate of drug-likeness (QED) is 0.605. The average Bonchev–Trinajstić information content (AvgIpc) is 3.36. The van der Waals surface area contributed by atoms with E-state index in [1.165, 1.54) is 12.4 Å². The van der Waals surface area contributed by atoms with Gasteiger partial charge in [0, 0.05) is 32.7 Å². The Morgan fingerprint density at radius 2 is 1.73 bits per heavy atom. The van der Waals surface area contributed by atoms with Crippen LogP contribution < -0.4 is 16.0 Å². The Labute approximate surface area is 176 Å².